The molecule has 21 heavy (non-hydrogen) atoms. The van der Waals surface area contributed by atoms with Gasteiger partial charge in [-0.25, -0.2) is 0 Å². The second-order valence-corrected chi connectivity index (χ2v) is 7.31. The van der Waals surface area contributed by atoms with E-state index in [1.807, 2.05) is 0 Å². The molecule has 114 valence electrons. The Morgan fingerprint density at radius 1 is 1.38 bits per heavy atom. The lowest BCUT2D eigenvalue weighted by molar-refractivity contribution is -0.148. The number of hydrogen-bond acceptors (Lipinski definition) is 4. The zero-order valence-electron chi connectivity index (χ0n) is 12.7. The molecule has 2 aliphatic carbocycles. The van der Waals surface area contributed by atoms with Crippen LogP contribution in [0.3, 0.4) is 0 Å². The SMILES string of the molecule is COC(=O)C(CSc1cccc(C)c1)(NC1CC1)C1CC1. The molecule has 2 aliphatic rings. The highest BCUT2D eigenvalue weighted by molar-refractivity contribution is 7.99. The lowest BCUT2D eigenvalue weighted by Gasteiger charge is -2.32. The van der Waals surface area contributed by atoms with Crippen molar-refractivity contribution in [1.29, 1.82) is 0 Å². The number of ether oxygens (including phenoxy) is 1. The van der Waals surface area contributed by atoms with Gasteiger partial charge in [-0.3, -0.25) is 10.1 Å². The van der Waals surface area contributed by atoms with Crippen molar-refractivity contribution >= 4 is 17.7 Å². The molecular weight excluding hydrogens is 282 g/mol. The molecule has 3 rings (SSSR count). The predicted octanol–water partition coefficient (Wildman–Crippen LogP) is 3.16. The van der Waals surface area contributed by atoms with Crippen molar-refractivity contribution in [3.8, 4) is 0 Å². The van der Waals surface area contributed by atoms with E-state index in [9.17, 15) is 4.79 Å². The molecule has 0 spiro atoms. The Hall–Kier alpha value is -1.00. The Balaban J connectivity index is 1.75. The number of benzene rings is 1. The second kappa shape index (κ2) is 6.01. The molecule has 0 aromatic heterocycles. The molecule has 3 nitrogen and oxygen atoms in total. The van der Waals surface area contributed by atoms with Gasteiger partial charge in [0.1, 0.15) is 5.54 Å². The van der Waals surface area contributed by atoms with Crippen molar-refractivity contribution in [1.82, 2.24) is 5.32 Å². The maximum Gasteiger partial charge on any atom is 0.327 e. The van der Waals surface area contributed by atoms with Gasteiger partial charge in [-0.1, -0.05) is 17.7 Å². The van der Waals surface area contributed by atoms with Crippen LogP contribution in [0.4, 0.5) is 0 Å². The van der Waals surface area contributed by atoms with Crippen LogP contribution in [0, 0.1) is 12.8 Å². The molecule has 2 fully saturated rings. The number of thioether (sulfide) groups is 1. The Morgan fingerprint density at radius 2 is 2.14 bits per heavy atom. The molecule has 1 aromatic carbocycles. The van der Waals surface area contributed by atoms with E-state index in [0.29, 0.717) is 12.0 Å². The first kappa shape index (κ1) is 14.9. The Kier molecular flexibility index (Phi) is 4.27. The smallest absolute Gasteiger partial charge is 0.327 e. The monoisotopic (exact) mass is 305 g/mol. The number of aryl methyl sites for hydroxylation is 1. The van der Waals surface area contributed by atoms with Crippen molar-refractivity contribution in [3.05, 3.63) is 29.8 Å². The van der Waals surface area contributed by atoms with Crippen LogP contribution in [0.25, 0.3) is 0 Å². The molecular formula is C17H23NO2S. The summed E-state index contributed by atoms with van der Waals surface area (Å²) in [5.41, 5.74) is 0.759. The van der Waals surface area contributed by atoms with E-state index < -0.39 is 5.54 Å². The molecule has 2 saturated carbocycles. The number of carbonyl (C=O) groups is 1. The minimum Gasteiger partial charge on any atom is -0.468 e. The van der Waals surface area contributed by atoms with E-state index in [4.69, 9.17) is 4.74 Å². The van der Waals surface area contributed by atoms with Crippen LogP contribution in [0.5, 0.6) is 0 Å². The van der Waals surface area contributed by atoms with Crippen molar-refractivity contribution in [2.45, 2.75) is 49.1 Å². The molecule has 0 bridgehead atoms. The molecule has 0 heterocycles. The minimum absolute atomic E-state index is 0.0861. The summed E-state index contributed by atoms with van der Waals surface area (Å²) in [7, 11) is 1.51. The first-order chi connectivity index (χ1) is 10.1. The fourth-order valence-electron chi connectivity index (χ4n) is 2.81. The first-order valence-corrected chi connectivity index (χ1v) is 8.68. The van der Waals surface area contributed by atoms with E-state index >= 15 is 0 Å². The normalized spacial score (nSPS) is 20.9. The maximum atomic E-state index is 12.5. The summed E-state index contributed by atoms with van der Waals surface area (Å²) in [6.07, 6.45) is 4.62. The van der Waals surface area contributed by atoms with Gasteiger partial charge in [0.25, 0.3) is 0 Å². The quantitative estimate of drug-likeness (QED) is 0.620. The van der Waals surface area contributed by atoms with E-state index in [0.717, 1.165) is 18.6 Å². The summed E-state index contributed by atoms with van der Waals surface area (Å²) in [5, 5.41) is 3.61. The van der Waals surface area contributed by atoms with E-state index in [2.05, 4.69) is 36.5 Å². The van der Waals surface area contributed by atoms with Crippen LogP contribution in [0.15, 0.2) is 29.2 Å². The van der Waals surface area contributed by atoms with Crippen LogP contribution in [0.2, 0.25) is 0 Å². The summed E-state index contributed by atoms with van der Waals surface area (Å²) in [6.45, 7) is 2.10. The molecule has 1 N–H and O–H groups in total. The Bertz CT molecular complexity index is 525. The second-order valence-electron chi connectivity index (χ2n) is 6.26. The third-order valence-corrected chi connectivity index (χ3v) is 5.51. The number of rotatable bonds is 7. The van der Waals surface area contributed by atoms with Crippen LogP contribution in [-0.2, 0) is 9.53 Å². The summed E-state index contributed by atoms with van der Waals surface area (Å²) in [5.74, 6) is 1.10. The third-order valence-electron chi connectivity index (χ3n) is 4.32. The average Bonchev–Trinajstić information content (AvgIpc) is 3.36. The predicted molar refractivity (Wildman–Crippen MR) is 85.5 cm³/mol. The largest absolute Gasteiger partial charge is 0.468 e. The average molecular weight is 305 g/mol. The zero-order chi connectivity index (χ0) is 14.9. The van der Waals surface area contributed by atoms with Gasteiger partial charge in [0.2, 0.25) is 0 Å². The number of nitrogens with one attached hydrogen (secondary N) is 1. The van der Waals surface area contributed by atoms with Crippen LogP contribution in [-0.4, -0.2) is 30.4 Å². The first-order valence-electron chi connectivity index (χ1n) is 7.69. The van der Waals surface area contributed by atoms with Crippen molar-refractivity contribution in [3.63, 3.8) is 0 Å². The molecule has 1 unspecified atom stereocenters. The zero-order valence-corrected chi connectivity index (χ0v) is 13.5. The van der Waals surface area contributed by atoms with Crippen LogP contribution < -0.4 is 5.32 Å². The number of methoxy groups -OCH3 is 1. The number of hydrogen-bond donors (Lipinski definition) is 1. The Labute approximate surface area is 130 Å². The molecule has 0 aliphatic heterocycles. The summed E-state index contributed by atoms with van der Waals surface area (Å²) < 4.78 is 5.14. The highest BCUT2D eigenvalue weighted by Crippen LogP contribution is 2.44. The van der Waals surface area contributed by atoms with Gasteiger partial charge >= 0.3 is 5.97 Å². The topological polar surface area (TPSA) is 38.3 Å². The van der Waals surface area contributed by atoms with E-state index in [-0.39, 0.29) is 5.97 Å². The Morgan fingerprint density at radius 3 is 2.71 bits per heavy atom. The molecule has 4 heteroatoms. The molecule has 0 saturated heterocycles. The highest BCUT2D eigenvalue weighted by Gasteiger charge is 2.53. The molecule has 0 amide bonds. The third kappa shape index (κ3) is 3.43. The van der Waals surface area contributed by atoms with Crippen LogP contribution in [0.1, 0.15) is 31.2 Å². The van der Waals surface area contributed by atoms with Gasteiger partial charge < -0.3 is 4.74 Å². The molecule has 0 radical (unpaired) electrons. The fraction of sp³-hybridized carbons (Fsp3) is 0.588. The van der Waals surface area contributed by atoms with E-state index in [1.165, 1.54) is 30.4 Å². The van der Waals surface area contributed by atoms with Crippen LogP contribution >= 0.6 is 11.8 Å². The number of esters is 1. The molecule has 1 aromatic rings. The van der Waals surface area contributed by atoms with Crippen molar-refractivity contribution in [2.75, 3.05) is 12.9 Å². The van der Waals surface area contributed by atoms with E-state index in [1.54, 1.807) is 11.8 Å². The standard InChI is InChI=1S/C17H23NO2S/c1-12-4-3-5-15(10-12)21-11-17(13-6-7-13,16(19)20-2)18-14-8-9-14/h3-5,10,13-14,18H,6-9,11H2,1-2H3. The summed E-state index contributed by atoms with van der Waals surface area (Å²) >= 11 is 1.76. The lowest BCUT2D eigenvalue weighted by Crippen LogP contribution is -2.57. The highest BCUT2D eigenvalue weighted by atomic mass is 32.2. The lowest BCUT2D eigenvalue weighted by atomic mass is 9.95. The molecule has 1 atom stereocenters. The number of carbonyl (C=O) groups excluding carboxylic acids is 1. The van der Waals surface area contributed by atoms with Gasteiger partial charge in [-0.05, 0) is 50.7 Å². The maximum absolute atomic E-state index is 12.5. The summed E-state index contributed by atoms with van der Waals surface area (Å²) in [6, 6.07) is 8.97. The van der Waals surface area contributed by atoms with Gasteiger partial charge in [0, 0.05) is 16.7 Å². The van der Waals surface area contributed by atoms with Gasteiger partial charge in [0.05, 0.1) is 7.11 Å². The van der Waals surface area contributed by atoms with Crippen molar-refractivity contribution < 1.29 is 9.53 Å². The van der Waals surface area contributed by atoms with Gasteiger partial charge in [-0.15, -0.1) is 11.8 Å². The van der Waals surface area contributed by atoms with Crippen molar-refractivity contribution in [2.24, 2.45) is 5.92 Å². The van der Waals surface area contributed by atoms with Gasteiger partial charge in [0.15, 0.2) is 0 Å². The summed E-state index contributed by atoms with van der Waals surface area (Å²) in [4.78, 5) is 13.7. The minimum atomic E-state index is -0.496. The fourth-order valence-corrected chi connectivity index (χ4v) is 4.09. The van der Waals surface area contributed by atoms with Gasteiger partial charge in [-0.2, -0.15) is 0 Å².